The number of hydrogen-bond donors (Lipinski definition) is 2. The molecule has 0 spiro atoms. The fourth-order valence-electron chi connectivity index (χ4n) is 0.397. The lowest BCUT2D eigenvalue weighted by atomic mass is 10.6. The second kappa shape index (κ2) is 5.53. The van der Waals surface area contributed by atoms with Crippen LogP contribution in [0.1, 0.15) is 6.92 Å². The van der Waals surface area contributed by atoms with E-state index in [-0.39, 0.29) is 12.5 Å². The molecule has 0 radical (unpaired) electrons. The molecule has 1 amide bonds. The third-order valence-electron chi connectivity index (χ3n) is 0.751. The lowest BCUT2D eigenvalue weighted by molar-refractivity contribution is -0.122. The van der Waals surface area contributed by atoms with E-state index in [2.05, 4.69) is 15.6 Å². The molecule has 0 aliphatic carbocycles. The first-order chi connectivity index (χ1) is 4.31. The summed E-state index contributed by atoms with van der Waals surface area (Å²) >= 11 is 0. The molecule has 0 aliphatic rings. The van der Waals surface area contributed by atoms with Crippen LogP contribution in [-0.2, 0) is 9.63 Å². The molecule has 0 aromatic rings. The van der Waals surface area contributed by atoms with Crippen molar-refractivity contribution in [2.24, 2.45) is 0 Å². The van der Waals surface area contributed by atoms with Gasteiger partial charge in [0.2, 0.25) is 5.91 Å². The molecule has 0 bridgehead atoms. The summed E-state index contributed by atoms with van der Waals surface area (Å²) in [5, 5.41) is 2.60. The van der Waals surface area contributed by atoms with Crippen molar-refractivity contribution in [3.8, 4) is 0 Å². The maximum absolute atomic E-state index is 10.5. The van der Waals surface area contributed by atoms with Gasteiger partial charge in [0, 0.05) is 6.54 Å². The zero-order chi connectivity index (χ0) is 7.11. The van der Waals surface area contributed by atoms with Crippen molar-refractivity contribution in [3.63, 3.8) is 0 Å². The molecule has 4 nitrogen and oxygen atoms in total. The maximum Gasteiger partial charge on any atom is 0.236 e. The molecule has 0 aromatic heterocycles. The number of carbonyl (C=O) groups is 1. The second-order valence-electron chi connectivity index (χ2n) is 1.48. The van der Waals surface area contributed by atoms with E-state index in [1.54, 1.807) is 0 Å². The van der Waals surface area contributed by atoms with Gasteiger partial charge in [-0.2, -0.15) is 5.48 Å². The van der Waals surface area contributed by atoms with Crippen LogP contribution in [0.4, 0.5) is 0 Å². The number of rotatable bonds is 4. The molecule has 2 N–H and O–H groups in total. The molecule has 0 aromatic carbocycles. The molecule has 0 saturated heterocycles. The van der Waals surface area contributed by atoms with Crippen LogP contribution < -0.4 is 10.8 Å². The second-order valence-corrected chi connectivity index (χ2v) is 1.48. The van der Waals surface area contributed by atoms with Crippen LogP contribution in [0, 0.1) is 0 Å². The van der Waals surface area contributed by atoms with Gasteiger partial charge in [0.25, 0.3) is 0 Å². The van der Waals surface area contributed by atoms with E-state index in [0.717, 1.165) is 0 Å². The fraction of sp³-hybridized carbons (Fsp3) is 0.800. The van der Waals surface area contributed by atoms with Gasteiger partial charge in [0.05, 0.1) is 13.7 Å². The summed E-state index contributed by atoms with van der Waals surface area (Å²) in [7, 11) is 1.47. The van der Waals surface area contributed by atoms with Crippen molar-refractivity contribution in [3.05, 3.63) is 0 Å². The van der Waals surface area contributed by atoms with Crippen molar-refractivity contribution in [1.82, 2.24) is 10.8 Å². The Morgan fingerprint density at radius 1 is 1.67 bits per heavy atom. The van der Waals surface area contributed by atoms with Gasteiger partial charge in [-0.05, 0) is 6.92 Å². The minimum absolute atomic E-state index is 0.0562. The van der Waals surface area contributed by atoms with Gasteiger partial charge in [0.15, 0.2) is 0 Å². The van der Waals surface area contributed by atoms with Crippen LogP contribution in [0.2, 0.25) is 0 Å². The first-order valence-electron chi connectivity index (χ1n) is 2.83. The van der Waals surface area contributed by atoms with Crippen molar-refractivity contribution in [2.75, 3.05) is 20.2 Å². The summed E-state index contributed by atoms with van der Waals surface area (Å²) in [6.07, 6.45) is 0. The summed E-state index contributed by atoms with van der Waals surface area (Å²) in [5.74, 6) is -0.0562. The highest BCUT2D eigenvalue weighted by atomic mass is 16.6. The first kappa shape index (κ1) is 8.39. The highest BCUT2D eigenvalue weighted by Gasteiger charge is 1.94. The lowest BCUT2D eigenvalue weighted by Crippen LogP contribution is -2.32. The van der Waals surface area contributed by atoms with E-state index in [1.165, 1.54) is 7.11 Å². The Balaban J connectivity index is 3.06. The molecule has 9 heavy (non-hydrogen) atoms. The standard InChI is InChI=1S/C5H12N2O2/c1-3-6-5(8)4-7-9-2/h7H,3-4H2,1-2H3,(H,6,8). The maximum atomic E-state index is 10.5. The summed E-state index contributed by atoms with van der Waals surface area (Å²) in [6.45, 7) is 2.74. The molecular weight excluding hydrogens is 120 g/mol. The average Bonchev–Trinajstić information content (AvgIpc) is 1.85. The zero-order valence-corrected chi connectivity index (χ0v) is 5.73. The van der Waals surface area contributed by atoms with Crippen molar-refractivity contribution in [1.29, 1.82) is 0 Å². The average molecular weight is 132 g/mol. The fourth-order valence-corrected chi connectivity index (χ4v) is 0.397. The Labute approximate surface area is 54.5 Å². The predicted octanol–water partition coefficient (Wildman–Crippen LogP) is -0.726. The third-order valence-corrected chi connectivity index (χ3v) is 0.751. The van der Waals surface area contributed by atoms with E-state index in [4.69, 9.17) is 0 Å². The van der Waals surface area contributed by atoms with Gasteiger partial charge in [-0.15, -0.1) is 0 Å². The Kier molecular flexibility index (Phi) is 5.15. The SMILES string of the molecule is CCNC(=O)CNOC. The minimum atomic E-state index is -0.0562. The van der Waals surface area contributed by atoms with E-state index in [9.17, 15) is 4.79 Å². The molecule has 0 atom stereocenters. The van der Waals surface area contributed by atoms with Crippen molar-refractivity contribution < 1.29 is 9.63 Å². The van der Waals surface area contributed by atoms with E-state index in [1.807, 2.05) is 6.92 Å². The van der Waals surface area contributed by atoms with Crippen LogP contribution in [0.15, 0.2) is 0 Å². The molecular formula is C5H12N2O2. The van der Waals surface area contributed by atoms with E-state index in [0.29, 0.717) is 6.54 Å². The molecule has 0 saturated carbocycles. The number of amides is 1. The topological polar surface area (TPSA) is 50.4 Å². The van der Waals surface area contributed by atoms with Crippen LogP contribution in [-0.4, -0.2) is 26.1 Å². The highest BCUT2D eigenvalue weighted by Crippen LogP contribution is 1.61. The van der Waals surface area contributed by atoms with Gasteiger partial charge < -0.3 is 10.2 Å². The molecule has 4 heteroatoms. The number of likely N-dealkylation sites (N-methyl/N-ethyl adjacent to an activating group) is 1. The smallest absolute Gasteiger partial charge is 0.236 e. The predicted molar refractivity (Wildman–Crippen MR) is 33.7 cm³/mol. The molecule has 0 rings (SSSR count). The number of nitrogens with one attached hydrogen (secondary N) is 2. The Bertz CT molecular complexity index is 85.0. The van der Waals surface area contributed by atoms with Crippen molar-refractivity contribution in [2.45, 2.75) is 6.92 Å². The number of hydrogen-bond acceptors (Lipinski definition) is 3. The molecule has 54 valence electrons. The van der Waals surface area contributed by atoms with Crippen LogP contribution in [0.5, 0.6) is 0 Å². The monoisotopic (exact) mass is 132 g/mol. The van der Waals surface area contributed by atoms with Gasteiger partial charge in [0.1, 0.15) is 0 Å². The number of hydroxylamine groups is 1. The highest BCUT2D eigenvalue weighted by molar-refractivity contribution is 5.77. The normalized spacial score (nSPS) is 9.11. The van der Waals surface area contributed by atoms with Crippen molar-refractivity contribution >= 4 is 5.91 Å². The Hall–Kier alpha value is -0.610. The molecule has 0 unspecified atom stereocenters. The lowest BCUT2D eigenvalue weighted by Gasteiger charge is -2.00. The summed E-state index contributed by atoms with van der Waals surface area (Å²) in [5.41, 5.74) is 2.42. The van der Waals surface area contributed by atoms with E-state index >= 15 is 0 Å². The summed E-state index contributed by atoms with van der Waals surface area (Å²) in [6, 6.07) is 0. The third kappa shape index (κ3) is 5.26. The molecule has 0 heterocycles. The van der Waals surface area contributed by atoms with Gasteiger partial charge in [-0.25, -0.2) is 0 Å². The van der Waals surface area contributed by atoms with Gasteiger partial charge >= 0.3 is 0 Å². The molecule has 0 fully saturated rings. The molecule has 0 aliphatic heterocycles. The van der Waals surface area contributed by atoms with Gasteiger partial charge in [-0.1, -0.05) is 0 Å². The van der Waals surface area contributed by atoms with Crippen LogP contribution in [0.3, 0.4) is 0 Å². The van der Waals surface area contributed by atoms with Crippen LogP contribution in [0.25, 0.3) is 0 Å². The summed E-state index contributed by atoms with van der Waals surface area (Å²) < 4.78 is 0. The minimum Gasteiger partial charge on any atom is -0.355 e. The van der Waals surface area contributed by atoms with Crippen LogP contribution >= 0.6 is 0 Å². The number of carbonyl (C=O) groups excluding carboxylic acids is 1. The van der Waals surface area contributed by atoms with Gasteiger partial charge in [-0.3, -0.25) is 4.79 Å². The quantitative estimate of drug-likeness (QED) is 0.496. The largest absolute Gasteiger partial charge is 0.355 e. The summed E-state index contributed by atoms with van der Waals surface area (Å²) in [4.78, 5) is 15.0. The zero-order valence-electron chi connectivity index (χ0n) is 5.73. The Morgan fingerprint density at radius 2 is 2.33 bits per heavy atom. The Morgan fingerprint density at radius 3 is 2.78 bits per heavy atom. The first-order valence-corrected chi connectivity index (χ1v) is 2.83. The van der Waals surface area contributed by atoms with E-state index < -0.39 is 0 Å².